The van der Waals surface area contributed by atoms with Crippen molar-refractivity contribution in [1.82, 2.24) is 20.0 Å². The molecule has 0 N–H and O–H groups in total. The van der Waals surface area contributed by atoms with Crippen LogP contribution in [0.3, 0.4) is 0 Å². The zero-order valence-electron chi connectivity index (χ0n) is 13.2. The van der Waals surface area contributed by atoms with Crippen molar-refractivity contribution in [2.45, 2.75) is 18.9 Å². The van der Waals surface area contributed by atoms with Gasteiger partial charge in [-0.3, -0.25) is 4.79 Å². The predicted molar refractivity (Wildman–Crippen MR) is 82.4 cm³/mol. The lowest BCUT2D eigenvalue weighted by Crippen LogP contribution is -2.44. The number of hydrogen-bond donors (Lipinski definition) is 0. The number of carbonyl (C=O) groups is 1. The quantitative estimate of drug-likeness (QED) is 0.838. The van der Waals surface area contributed by atoms with Crippen LogP contribution in [0.25, 0.3) is 0 Å². The van der Waals surface area contributed by atoms with E-state index in [1.165, 1.54) is 6.20 Å². The van der Waals surface area contributed by atoms with Gasteiger partial charge in [0.1, 0.15) is 6.10 Å². The Morgan fingerprint density at radius 1 is 1.35 bits per heavy atom. The zero-order valence-corrected chi connectivity index (χ0v) is 13.2. The van der Waals surface area contributed by atoms with Gasteiger partial charge in [0.2, 0.25) is 5.76 Å². The summed E-state index contributed by atoms with van der Waals surface area (Å²) < 4.78 is 10.9. The van der Waals surface area contributed by atoms with E-state index in [0.29, 0.717) is 24.8 Å². The van der Waals surface area contributed by atoms with E-state index >= 15 is 0 Å². The summed E-state index contributed by atoms with van der Waals surface area (Å²) in [6.07, 6.45) is 6.30. The van der Waals surface area contributed by atoms with Crippen molar-refractivity contribution in [2.24, 2.45) is 0 Å². The minimum absolute atomic E-state index is 0.119. The molecule has 23 heavy (non-hydrogen) atoms. The van der Waals surface area contributed by atoms with Gasteiger partial charge >= 0.3 is 0 Å². The molecule has 0 aromatic carbocycles. The van der Waals surface area contributed by atoms with Gasteiger partial charge in [0, 0.05) is 39.1 Å². The van der Waals surface area contributed by atoms with E-state index in [4.69, 9.17) is 9.26 Å². The smallest absolute Gasteiger partial charge is 0.292 e. The lowest BCUT2D eigenvalue weighted by atomic mass is 10.1. The highest BCUT2D eigenvalue weighted by Crippen LogP contribution is 2.24. The summed E-state index contributed by atoms with van der Waals surface area (Å²) in [5, 5.41) is 3.58. The Hall–Kier alpha value is -2.64. The van der Waals surface area contributed by atoms with Crippen molar-refractivity contribution in [3.63, 3.8) is 0 Å². The van der Waals surface area contributed by atoms with Crippen LogP contribution in [0.4, 0.5) is 5.82 Å². The molecule has 0 radical (unpaired) electrons. The molecule has 2 aromatic rings. The van der Waals surface area contributed by atoms with Crippen molar-refractivity contribution in [3.8, 4) is 5.88 Å². The molecule has 8 heteroatoms. The van der Waals surface area contributed by atoms with E-state index < -0.39 is 0 Å². The molecule has 0 spiro atoms. The molecular weight excluding hydrogens is 298 g/mol. The minimum Gasteiger partial charge on any atom is -0.470 e. The van der Waals surface area contributed by atoms with Gasteiger partial charge in [0.05, 0.1) is 12.7 Å². The summed E-state index contributed by atoms with van der Waals surface area (Å²) >= 11 is 0. The van der Waals surface area contributed by atoms with Crippen molar-refractivity contribution >= 4 is 11.7 Å². The first kappa shape index (κ1) is 15.3. The van der Waals surface area contributed by atoms with Crippen molar-refractivity contribution in [1.29, 1.82) is 0 Å². The average Bonchev–Trinajstić information content (AvgIpc) is 3.09. The molecule has 1 aliphatic rings. The topological polar surface area (TPSA) is 84.6 Å². The molecule has 1 aliphatic heterocycles. The molecule has 0 unspecified atom stereocenters. The Kier molecular flexibility index (Phi) is 4.40. The van der Waals surface area contributed by atoms with Crippen molar-refractivity contribution in [2.75, 3.05) is 32.1 Å². The maximum atomic E-state index is 12.3. The Bertz CT molecular complexity index is 659. The second-order valence-electron chi connectivity index (χ2n) is 5.59. The van der Waals surface area contributed by atoms with Gasteiger partial charge in [0.15, 0.2) is 5.82 Å². The van der Waals surface area contributed by atoms with Crippen LogP contribution in [0.5, 0.6) is 5.88 Å². The Morgan fingerprint density at radius 2 is 2.17 bits per heavy atom. The van der Waals surface area contributed by atoms with E-state index in [0.717, 1.165) is 12.8 Å². The standard InChI is InChI=1S/C15H19N5O3/c1-19(2)13-14(17-8-7-16-13)22-11-4-3-9-20(10-11)15(21)12-5-6-18-23-12/h5-8,11H,3-4,9-10H2,1-2H3/t11-/m1/s1. The van der Waals surface area contributed by atoms with Crippen LogP contribution in [0, 0.1) is 0 Å². The van der Waals surface area contributed by atoms with Crippen molar-refractivity contribution < 1.29 is 14.1 Å². The molecule has 3 rings (SSSR count). The molecule has 2 aromatic heterocycles. The number of nitrogens with zero attached hydrogens (tertiary/aromatic N) is 5. The number of likely N-dealkylation sites (tertiary alicyclic amines) is 1. The molecule has 122 valence electrons. The van der Waals surface area contributed by atoms with Crippen LogP contribution in [-0.2, 0) is 0 Å². The summed E-state index contributed by atoms with van der Waals surface area (Å²) in [6, 6.07) is 1.57. The monoisotopic (exact) mass is 317 g/mol. The minimum atomic E-state index is -0.164. The second-order valence-corrected chi connectivity index (χ2v) is 5.59. The molecular formula is C15H19N5O3. The van der Waals surface area contributed by atoms with E-state index in [1.54, 1.807) is 23.4 Å². The van der Waals surface area contributed by atoms with Crippen LogP contribution >= 0.6 is 0 Å². The molecule has 0 aliphatic carbocycles. The normalized spacial score (nSPS) is 17.8. The fourth-order valence-electron chi connectivity index (χ4n) is 2.57. The summed E-state index contributed by atoms with van der Waals surface area (Å²) in [5.41, 5.74) is 0. The van der Waals surface area contributed by atoms with E-state index in [1.807, 2.05) is 19.0 Å². The van der Waals surface area contributed by atoms with Gasteiger partial charge in [-0.15, -0.1) is 0 Å². The molecule has 1 fully saturated rings. The Morgan fingerprint density at radius 3 is 2.91 bits per heavy atom. The van der Waals surface area contributed by atoms with Gasteiger partial charge in [-0.2, -0.15) is 0 Å². The molecule has 0 bridgehead atoms. The number of carbonyl (C=O) groups excluding carboxylic acids is 1. The molecule has 1 amide bonds. The third-order valence-electron chi connectivity index (χ3n) is 3.66. The number of anilines is 1. The van der Waals surface area contributed by atoms with E-state index in [2.05, 4.69) is 15.1 Å². The highest BCUT2D eigenvalue weighted by Gasteiger charge is 2.28. The second kappa shape index (κ2) is 6.64. The number of rotatable bonds is 4. The average molecular weight is 317 g/mol. The first-order valence-electron chi connectivity index (χ1n) is 7.50. The number of hydrogen-bond acceptors (Lipinski definition) is 7. The zero-order chi connectivity index (χ0) is 16.2. The van der Waals surface area contributed by atoms with Crippen LogP contribution < -0.4 is 9.64 Å². The third kappa shape index (κ3) is 3.41. The van der Waals surface area contributed by atoms with Crippen LogP contribution in [0.1, 0.15) is 23.4 Å². The number of amides is 1. The summed E-state index contributed by atoms with van der Waals surface area (Å²) in [5.74, 6) is 1.24. The molecule has 1 saturated heterocycles. The fourth-order valence-corrected chi connectivity index (χ4v) is 2.57. The van der Waals surface area contributed by atoms with Gasteiger partial charge in [0.25, 0.3) is 11.8 Å². The van der Waals surface area contributed by atoms with Crippen LogP contribution in [-0.4, -0.2) is 59.2 Å². The third-order valence-corrected chi connectivity index (χ3v) is 3.66. The first-order valence-corrected chi connectivity index (χ1v) is 7.50. The lowest BCUT2D eigenvalue weighted by Gasteiger charge is -2.32. The number of piperidine rings is 1. The highest BCUT2D eigenvalue weighted by molar-refractivity contribution is 5.91. The predicted octanol–water partition coefficient (Wildman–Crippen LogP) is 1.21. The van der Waals surface area contributed by atoms with Gasteiger partial charge in [-0.05, 0) is 12.8 Å². The number of ether oxygens (including phenoxy) is 1. The van der Waals surface area contributed by atoms with Crippen LogP contribution in [0.2, 0.25) is 0 Å². The maximum Gasteiger partial charge on any atom is 0.292 e. The Balaban J connectivity index is 1.69. The number of aromatic nitrogens is 3. The fraction of sp³-hybridized carbons (Fsp3) is 0.467. The van der Waals surface area contributed by atoms with E-state index in [-0.39, 0.29) is 17.8 Å². The molecule has 1 atom stereocenters. The Labute approximate surface area is 134 Å². The van der Waals surface area contributed by atoms with Crippen molar-refractivity contribution in [3.05, 3.63) is 30.4 Å². The summed E-state index contributed by atoms with van der Waals surface area (Å²) in [7, 11) is 3.77. The SMILES string of the molecule is CN(C)c1nccnc1O[C@@H]1CCCN(C(=O)c2ccno2)C1. The summed E-state index contributed by atoms with van der Waals surface area (Å²) in [4.78, 5) is 24.4. The highest BCUT2D eigenvalue weighted by atomic mass is 16.5. The lowest BCUT2D eigenvalue weighted by molar-refractivity contribution is 0.0493. The molecule has 0 saturated carbocycles. The van der Waals surface area contributed by atoms with Gasteiger partial charge in [-0.25, -0.2) is 9.97 Å². The van der Waals surface area contributed by atoms with Crippen LogP contribution in [0.15, 0.2) is 29.2 Å². The largest absolute Gasteiger partial charge is 0.470 e. The van der Waals surface area contributed by atoms with E-state index in [9.17, 15) is 4.79 Å². The van der Waals surface area contributed by atoms with Gasteiger partial charge in [-0.1, -0.05) is 5.16 Å². The molecule has 8 nitrogen and oxygen atoms in total. The maximum absolute atomic E-state index is 12.3. The van der Waals surface area contributed by atoms with Gasteiger partial charge < -0.3 is 19.1 Å². The summed E-state index contributed by atoms with van der Waals surface area (Å²) in [6.45, 7) is 1.17. The first-order chi connectivity index (χ1) is 11.1. The molecule has 3 heterocycles.